The summed E-state index contributed by atoms with van der Waals surface area (Å²) in [5.74, 6) is 0.710. The number of thiophene rings is 1. The van der Waals surface area contributed by atoms with E-state index in [1.54, 1.807) is 29.3 Å². The van der Waals surface area contributed by atoms with Gasteiger partial charge in [0.05, 0.1) is 13.2 Å². The lowest BCUT2D eigenvalue weighted by Gasteiger charge is -2.22. The Labute approximate surface area is 127 Å². The van der Waals surface area contributed by atoms with Crippen molar-refractivity contribution >= 4 is 21.4 Å². The molecule has 0 radical (unpaired) electrons. The first-order chi connectivity index (χ1) is 10.1. The van der Waals surface area contributed by atoms with Gasteiger partial charge in [0.1, 0.15) is 16.4 Å². The van der Waals surface area contributed by atoms with E-state index in [-0.39, 0.29) is 12.5 Å². The number of fused-ring (bicyclic) bond motifs is 1. The molecule has 114 valence electrons. The van der Waals surface area contributed by atoms with Gasteiger partial charge in [-0.15, -0.1) is 11.3 Å². The van der Waals surface area contributed by atoms with E-state index >= 15 is 0 Å². The van der Waals surface area contributed by atoms with Crippen molar-refractivity contribution in [2.75, 3.05) is 20.3 Å². The molecule has 7 nitrogen and oxygen atoms in total. The molecule has 0 aromatic carbocycles. The molecular formula is C12H16N4O3S2. The fraction of sp³-hybridized carbons (Fsp3) is 0.500. The third-order valence-electron chi connectivity index (χ3n) is 3.40. The Morgan fingerprint density at radius 2 is 2.33 bits per heavy atom. The quantitative estimate of drug-likeness (QED) is 0.830. The molecule has 0 amide bonds. The highest BCUT2D eigenvalue weighted by Crippen LogP contribution is 2.25. The van der Waals surface area contributed by atoms with E-state index in [0.29, 0.717) is 29.7 Å². The van der Waals surface area contributed by atoms with Crippen LogP contribution < -0.4 is 0 Å². The lowest BCUT2D eigenvalue weighted by Crippen LogP contribution is -2.35. The van der Waals surface area contributed by atoms with Crippen molar-refractivity contribution in [2.45, 2.75) is 17.3 Å². The minimum Gasteiger partial charge on any atom is -0.384 e. The zero-order chi connectivity index (χ0) is 14.9. The highest BCUT2D eigenvalue weighted by atomic mass is 32.2. The lowest BCUT2D eigenvalue weighted by atomic mass is 10.1. The van der Waals surface area contributed by atoms with Crippen LogP contribution in [-0.4, -0.2) is 47.7 Å². The van der Waals surface area contributed by atoms with Crippen LogP contribution in [0.1, 0.15) is 5.82 Å². The van der Waals surface area contributed by atoms with E-state index in [1.165, 1.54) is 22.0 Å². The molecule has 0 spiro atoms. The van der Waals surface area contributed by atoms with Crippen LogP contribution in [-0.2, 0) is 27.8 Å². The molecular weight excluding hydrogens is 312 g/mol. The van der Waals surface area contributed by atoms with Gasteiger partial charge in [-0.1, -0.05) is 6.07 Å². The molecule has 0 fully saturated rings. The monoisotopic (exact) mass is 328 g/mol. The van der Waals surface area contributed by atoms with Crippen molar-refractivity contribution in [3.8, 4) is 0 Å². The van der Waals surface area contributed by atoms with Crippen molar-refractivity contribution in [1.29, 1.82) is 0 Å². The fourth-order valence-electron chi connectivity index (χ4n) is 2.44. The second kappa shape index (κ2) is 5.84. The number of sulfonamides is 1. The second-order valence-electron chi connectivity index (χ2n) is 4.91. The number of methoxy groups -OCH3 is 1. The Morgan fingerprint density at radius 1 is 1.48 bits per heavy atom. The van der Waals surface area contributed by atoms with Crippen LogP contribution in [0.25, 0.3) is 0 Å². The van der Waals surface area contributed by atoms with Gasteiger partial charge in [0.15, 0.2) is 0 Å². The highest BCUT2D eigenvalue weighted by molar-refractivity contribution is 7.91. The topological polar surface area (TPSA) is 77.3 Å². The van der Waals surface area contributed by atoms with Crippen LogP contribution in [0, 0.1) is 5.92 Å². The lowest BCUT2D eigenvalue weighted by molar-refractivity contribution is 0.133. The van der Waals surface area contributed by atoms with Crippen LogP contribution in [0.15, 0.2) is 28.0 Å². The summed E-state index contributed by atoms with van der Waals surface area (Å²) in [5.41, 5.74) is 0. The van der Waals surface area contributed by atoms with Crippen LogP contribution in [0.4, 0.5) is 0 Å². The number of aromatic nitrogens is 3. The molecule has 3 rings (SSSR count). The van der Waals surface area contributed by atoms with Crippen LogP contribution in [0.3, 0.4) is 0 Å². The van der Waals surface area contributed by atoms with Crippen molar-refractivity contribution < 1.29 is 13.2 Å². The molecule has 1 aliphatic rings. The molecule has 0 bridgehead atoms. The molecule has 2 aromatic rings. The van der Waals surface area contributed by atoms with E-state index in [4.69, 9.17) is 4.74 Å². The summed E-state index contributed by atoms with van der Waals surface area (Å²) in [4.78, 5) is 4.16. The smallest absolute Gasteiger partial charge is 0.252 e. The molecule has 1 aliphatic heterocycles. The van der Waals surface area contributed by atoms with Gasteiger partial charge >= 0.3 is 0 Å². The predicted molar refractivity (Wildman–Crippen MR) is 77.3 cm³/mol. The van der Waals surface area contributed by atoms with E-state index in [9.17, 15) is 8.42 Å². The van der Waals surface area contributed by atoms with Gasteiger partial charge in [0.25, 0.3) is 10.0 Å². The molecule has 0 unspecified atom stereocenters. The number of nitrogens with zero attached hydrogens (tertiary/aromatic N) is 4. The normalized spacial score (nSPS) is 20.1. The summed E-state index contributed by atoms with van der Waals surface area (Å²) < 4.78 is 34.2. The van der Waals surface area contributed by atoms with E-state index in [2.05, 4.69) is 10.1 Å². The van der Waals surface area contributed by atoms with Gasteiger partial charge in [0, 0.05) is 26.1 Å². The summed E-state index contributed by atoms with van der Waals surface area (Å²) in [7, 11) is -1.88. The fourth-order valence-corrected chi connectivity index (χ4v) is 5.05. The Morgan fingerprint density at radius 3 is 3.05 bits per heavy atom. The molecule has 1 atom stereocenters. The maximum absolute atomic E-state index is 12.7. The maximum atomic E-state index is 12.7. The minimum absolute atomic E-state index is 0.0488. The Balaban J connectivity index is 1.94. The summed E-state index contributed by atoms with van der Waals surface area (Å²) in [6.45, 7) is 1.73. The van der Waals surface area contributed by atoms with Crippen LogP contribution in [0.5, 0.6) is 0 Å². The Bertz CT molecular complexity index is 696. The zero-order valence-corrected chi connectivity index (χ0v) is 13.2. The number of ether oxygens (including phenoxy) is 1. The van der Waals surface area contributed by atoms with Crippen molar-refractivity contribution in [3.63, 3.8) is 0 Å². The predicted octanol–water partition coefficient (Wildman–Crippen LogP) is 0.807. The SMILES string of the molecule is COC[C@H]1CN(S(=O)(=O)c2cccs2)Cc2ncnn2C1. The first kappa shape index (κ1) is 14.6. The summed E-state index contributed by atoms with van der Waals surface area (Å²) in [5, 5.41) is 5.92. The van der Waals surface area contributed by atoms with Crippen molar-refractivity contribution in [1.82, 2.24) is 19.1 Å². The highest BCUT2D eigenvalue weighted by Gasteiger charge is 2.32. The standard InChI is InChI=1S/C12H16N4O3S2/c1-19-8-10-5-15(7-11-13-9-14-16(11)6-10)21(17,18)12-3-2-4-20-12/h2-4,9-10H,5-8H2,1H3/t10-/m0/s1. The molecule has 21 heavy (non-hydrogen) atoms. The summed E-state index contributed by atoms with van der Waals surface area (Å²) in [6.07, 6.45) is 1.46. The Kier molecular flexibility index (Phi) is 4.07. The minimum atomic E-state index is -3.50. The second-order valence-corrected chi connectivity index (χ2v) is 8.02. The van der Waals surface area contributed by atoms with Gasteiger partial charge in [0.2, 0.25) is 0 Å². The Hall–Kier alpha value is -1.29. The van der Waals surface area contributed by atoms with Gasteiger partial charge in [-0.2, -0.15) is 9.40 Å². The molecule has 3 heterocycles. The summed E-state index contributed by atoms with van der Waals surface area (Å²) >= 11 is 1.22. The zero-order valence-electron chi connectivity index (χ0n) is 11.5. The van der Waals surface area contributed by atoms with Crippen LogP contribution >= 0.6 is 11.3 Å². The first-order valence-electron chi connectivity index (χ1n) is 6.50. The molecule has 0 saturated carbocycles. The number of rotatable bonds is 4. The summed E-state index contributed by atoms with van der Waals surface area (Å²) in [6, 6.07) is 3.37. The van der Waals surface area contributed by atoms with E-state index < -0.39 is 10.0 Å². The largest absolute Gasteiger partial charge is 0.384 e. The number of hydrogen-bond donors (Lipinski definition) is 0. The van der Waals surface area contributed by atoms with Gasteiger partial charge < -0.3 is 4.74 Å². The molecule has 2 aromatic heterocycles. The average molecular weight is 328 g/mol. The van der Waals surface area contributed by atoms with Gasteiger partial charge in [-0.3, -0.25) is 0 Å². The van der Waals surface area contributed by atoms with Crippen LogP contribution in [0.2, 0.25) is 0 Å². The van der Waals surface area contributed by atoms with E-state index in [1.807, 2.05) is 0 Å². The molecule has 0 aliphatic carbocycles. The molecule has 0 saturated heterocycles. The first-order valence-corrected chi connectivity index (χ1v) is 8.82. The van der Waals surface area contributed by atoms with Crippen molar-refractivity contribution in [2.24, 2.45) is 5.92 Å². The molecule has 0 N–H and O–H groups in total. The van der Waals surface area contributed by atoms with Crippen molar-refractivity contribution in [3.05, 3.63) is 29.7 Å². The average Bonchev–Trinajstić information content (AvgIpc) is 3.08. The van der Waals surface area contributed by atoms with Gasteiger partial charge in [-0.25, -0.2) is 18.1 Å². The molecule has 9 heteroatoms. The third kappa shape index (κ3) is 2.86. The third-order valence-corrected chi connectivity index (χ3v) is 6.58. The van der Waals surface area contributed by atoms with Gasteiger partial charge in [-0.05, 0) is 11.4 Å². The number of hydrogen-bond acceptors (Lipinski definition) is 6. The van der Waals surface area contributed by atoms with E-state index in [0.717, 1.165) is 0 Å². The maximum Gasteiger partial charge on any atom is 0.252 e.